The molecular formula is C4H9N. The van der Waals surface area contributed by atoms with Gasteiger partial charge < -0.3 is 5.32 Å². The zero-order valence-electron chi connectivity index (χ0n) is 3.49. The molecule has 1 heterocycles. The summed E-state index contributed by atoms with van der Waals surface area (Å²) in [6.07, 6.45) is 1.38. The standard InChI is InChI=1S/C4H9N/c1-4-2-3-5-4/h4-5H,2-3H2,1H3/t4-/m1/s1. The van der Waals surface area contributed by atoms with Crippen LogP contribution in [0, 0.1) is 0 Å². The van der Waals surface area contributed by atoms with Crippen molar-refractivity contribution in [3.63, 3.8) is 0 Å². The van der Waals surface area contributed by atoms with E-state index in [1.165, 1.54) is 13.0 Å². The smallest absolute Gasteiger partial charge is 0.00508 e. The van der Waals surface area contributed by atoms with Crippen molar-refractivity contribution in [2.75, 3.05) is 6.54 Å². The Hall–Kier alpha value is -0.0400. The molecule has 0 bridgehead atoms. The Labute approximate surface area is 32.4 Å². The molecule has 5 heavy (non-hydrogen) atoms. The highest BCUT2D eigenvalue weighted by atomic mass is 15.0. The van der Waals surface area contributed by atoms with E-state index in [-0.39, 0.29) is 0 Å². The molecule has 30 valence electrons. The molecule has 1 N–H and O–H groups in total. The van der Waals surface area contributed by atoms with Crippen molar-refractivity contribution in [1.82, 2.24) is 5.32 Å². The van der Waals surface area contributed by atoms with Crippen LogP contribution < -0.4 is 5.32 Å². The highest BCUT2D eigenvalue weighted by Crippen LogP contribution is 1.96. The van der Waals surface area contributed by atoms with Gasteiger partial charge in [-0.3, -0.25) is 0 Å². The molecule has 1 aliphatic rings. The van der Waals surface area contributed by atoms with Crippen molar-refractivity contribution in [1.29, 1.82) is 0 Å². The summed E-state index contributed by atoms with van der Waals surface area (Å²) in [7, 11) is 0. The lowest BCUT2D eigenvalue weighted by Crippen LogP contribution is -2.39. The van der Waals surface area contributed by atoms with Crippen LogP contribution in [0.2, 0.25) is 0 Å². The third-order valence-corrected chi connectivity index (χ3v) is 1.07. The van der Waals surface area contributed by atoms with Crippen LogP contribution in [0.4, 0.5) is 0 Å². The lowest BCUT2D eigenvalue weighted by molar-refractivity contribution is 0.399. The molecule has 0 aliphatic carbocycles. The van der Waals surface area contributed by atoms with Gasteiger partial charge >= 0.3 is 0 Å². The average molecular weight is 71.1 g/mol. The van der Waals surface area contributed by atoms with Gasteiger partial charge in [0.2, 0.25) is 0 Å². The van der Waals surface area contributed by atoms with Gasteiger partial charge in [0, 0.05) is 6.04 Å². The monoisotopic (exact) mass is 71.1 g/mol. The minimum atomic E-state index is 0.815. The molecule has 1 heteroatoms. The molecule has 1 atom stereocenters. The van der Waals surface area contributed by atoms with E-state index in [0.717, 1.165) is 6.04 Å². The van der Waals surface area contributed by atoms with E-state index in [4.69, 9.17) is 0 Å². The molecule has 1 rings (SSSR count). The van der Waals surface area contributed by atoms with E-state index in [1.54, 1.807) is 0 Å². The second-order valence-corrected chi connectivity index (χ2v) is 1.64. The molecule has 0 unspecified atom stereocenters. The first-order valence-electron chi connectivity index (χ1n) is 2.13. The van der Waals surface area contributed by atoms with Gasteiger partial charge in [-0.05, 0) is 19.9 Å². The summed E-state index contributed by atoms with van der Waals surface area (Å²) >= 11 is 0. The summed E-state index contributed by atoms with van der Waals surface area (Å²) in [4.78, 5) is 0. The van der Waals surface area contributed by atoms with Gasteiger partial charge in [0.15, 0.2) is 0 Å². The fraction of sp³-hybridized carbons (Fsp3) is 1.00. The minimum Gasteiger partial charge on any atom is -0.314 e. The normalized spacial score (nSPS) is 36.6. The second-order valence-electron chi connectivity index (χ2n) is 1.64. The Bertz CT molecular complexity index is 30.6. The Morgan fingerprint density at radius 2 is 2.20 bits per heavy atom. The zero-order chi connectivity index (χ0) is 3.70. The van der Waals surface area contributed by atoms with Gasteiger partial charge in [-0.1, -0.05) is 0 Å². The Balaban J connectivity index is 2.08. The van der Waals surface area contributed by atoms with Crippen molar-refractivity contribution in [3.05, 3.63) is 0 Å². The van der Waals surface area contributed by atoms with Crippen molar-refractivity contribution >= 4 is 0 Å². The highest BCUT2D eigenvalue weighted by molar-refractivity contribution is 4.70. The van der Waals surface area contributed by atoms with E-state index < -0.39 is 0 Å². The topological polar surface area (TPSA) is 12.0 Å². The predicted octanol–water partition coefficient (Wildman–Crippen LogP) is 0.368. The van der Waals surface area contributed by atoms with E-state index in [9.17, 15) is 0 Å². The van der Waals surface area contributed by atoms with Crippen molar-refractivity contribution < 1.29 is 0 Å². The van der Waals surface area contributed by atoms with E-state index in [1.807, 2.05) is 0 Å². The summed E-state index contributed by atoms with van der Waals surface area (Å²) in [6.45, 7) is 3.44. The maximum absolute atomic E-state index is 3.21. The molecule has 1 aliphatic heterocycles. The second kappa shape index (κ2) is 0.977. The third-order valence-electron chi connectivity index (χ3n) is 1.07. The maximum atomic E-state index is 3.21. The quantitative estimate of drug-likeness (QED) is 0.435. The van der Waals surface area contributed by atoms with Crippen LogP contribution in [0.15, 0.2) is 0 Å². The van der Waals surface area contributed by atoms with Crippen LogP contribution in [0.25, 0.3) is 0 Å². The highest BCUT2D eigenvalue weighted by Gasteiger charge is 2.07. The molecule has 0 aromatic heterocycles. The summed E-state index contributed by atoms with van der Waals surface area (Å²) in [6, 6.07) is 0.815. The van der Waals surface area contributed by atoms with Crippen molar-refractivity contribution in [2.24, 2.45) is 0 Å². The first-order chi connectivity index (χ1) is 2.39. The van der Waals surface area contributed by atoms with Gasteiger partial charge in [0.25, 0.3) is 0 Å². The molecule has 0 aromatic rings. The molecule has 0 aromatic carbocycles. The number of hydrogen-bond donors (Lipinski definition) is 1. The lowest BCUT2D eigenvalue weighted by Gasteiger charge is -2.22. The minimum absolute atomic E-state index is 0.815. The van der Waals surface area contributed by atoms with Crippen LogP contribution in [0.3, 0.4) is 0 Å². The largest absolute Gasteiger partial charge is 0.314 e. The van der Waals surface area contributed by atoms with Crippen LogP contribution in [-0.2, 0) is 0 Å². The number of hydrogen-bond acceptors (Lipinski definition) is 1. The fourth-order valence-electron chi connectivity index (χ4n) is 0.433. The SMILES string of the molecule is C[C@@H]1CCN1. The van der Waals surface area contributed by atoms with Crippen LogP contribution in [0.5, 0.6) is 0 Å². The van der Waals surface area contributed by atoms with Crippen LogP contribution in [-0.4, -0.2) is 12.6 Å². The third kappa shape index (κ3) is 0.428. The molecule has 0 saturated carbocycles. The number of nitrogens with one attached hydrogen (secondary N) is 1. The van der Waals surface area contributed by atoms with Gasteiger partial charge in [0.05, 0.1) is 0 Å². The first kappa shape index (κ1) is 3.16. The lowest BCUT2D eigenvalue weighted by atomic mass is 10.1. The summed E-state index contributed by atoms with van der Waals surface area (Å²) < 4.78 is 0. The predicted molar refractivity (Wildman–Crippen MR) is 22.1 cm³/mol. The molecule has 0 radical (unpaired) electrons. The van der Waals surface area contributed by atoms with Gasteiger partial charge in [-0.25, -0.2) is 0 Å². The molecule has 0 spiro atoms. The molecule has 1 saturated heterocycles. The van der Waals surface area contributed by atoms with Crippen LogP contribution >= 0.6 is 0 Å². The van der Waals surface area contributed by atoms with E-state index >= 15 is 0 Å². The van der Waals surface area contributed by atoms with E-state index in [0.29, 0.717) is 0 Å². The van der Waals surface area contributed by atoms with Gasteiger partial charge in [-0.2, -0.15) is 0 Å². The molecule has 1 nitrogen and oxygen atoms in total. The van der Waals surface area contributed by atoms with Crippen molar-refractivity contribution in [2.45, 2.75) is 19.4 Å². The summed E-state index contributed by atoms with van der Waals surface area (Å²) in [5.74, 6) is 0. The fourth-order valence-corrected chi connectivity index (χ4v) is 0.433. The molecular weight excluding hydrogens is 62.1 g/mol. The summed E-state index contributed by atoms with van der Waals surface area (Å²) in [5.41, 5.74) is 0. The average Bonchev–Trinajstić information content (AvgIpc) is 1.30. The van der Waals surface area contributed by atoms with Gasteiger partial charge in [0.1, 0.15) is 0 Å². The maximum Gasteiger partial charge on any atom is 0.00508 e. The first-order valence-corrected chi connectivity index (χ1v) is 2.13. The Morgan fingerprint density at radius 3 is 2.20 bits per heavy atom. The van der Waals surface area contributed by atoms with E-state index in [2.05, 4.69) is 12.2 Å². The van der Waals surface area contributed by atoms with Crippen molar-refractivity contribution in [3.8, 4) is 0 Å². The molecule has 1 fully saturated rings. The number of rotatable bonds is 0. The van der Waals surface area contributed by atoms with Crippen LogP contribution in [0.1, 0.15) is 13.3 Å². The Morgan fingerprint density at radius 1 is 1.80 bits per heavy atom. The Kier molecular flexibility index (Phi) is 0.618. The molecule has 0 amide bonds. The summed E-state index contributed by atoms with van der Waals surface area (Å²) in [5, 5.41) is 3.21. The zero-order valence-corrected chi connectivity index (χ0v) is 3.49. The van der Waals surface area contributed by atoms with Gasteiger partial charge in [-0.15, -0.1) is 0 Å².